The van der Waals surface area contributed by atoms with E-state index in [0.717, 1.165) is 5.56 Å². The van der Waals surface area contributed by atoms with Crippen molar-refractivity contribution >= 4 is 35.4 Å². The van der Waals surface area contributed by atoms with Gasteiger partial charge in [0.1, 0.15) is 5.82 Å². The highest BCUT2D eigenvalue weighted by atomic mass is 35.5. The third kappa shape index (κ3) is 6.28. The molecule has 148 valence electrons. The minimum Gasteiger partial charge on any atom is -0.493 e. The topological polar surface area (TPSA) is 86.8 Å². The lowest BCUT2D eigenvalue weighted by atomic mass is 10.2. The summed E-state index contributed by atoms with van der Waals surface area (Å²) in [5.41, 5.74) is 0.722. The quantitative estimate of drug-likeness (QED) is 0.533. The highest BCUT2D eigenvalue weighted by molar-refractivity contribution is 6.30. The number of halogens is 1. The van der Waals surface area contributed by atoms with Crippen molar-refractivity contribution in [3.8, 4) is 11.5 Å². The largest absolute Gasteiger partial charge is 0.493 e. The summed E-state index contributed by atoms with van der Waals surface area (Å²) in [5.74, 6) is 0.333. The van der Waals surface area contributed by atoms with Gasteiger partial charge in [0.2, 0.25) is 0 Å². The number of esters is 1. The molecular weight excluding hydrogens is 384 g/mol. The van der Waals surface area contributed by atoms with E-state index in [-0.39, 0.29) is 0 Å². The maximum absolute atomic E-state index is 12.1. The predicted octanol–water partition coefficient (Wildman–Crippen LogP) is 3.73. The monoisotopic (exact) mass is 404 g/mol. The van der Waals surface area contributed by atoms with E-state index in [0.29, 0.717) is 28.9 Å². The Hall–Kier alpha value is -3.06. The van der Waals surface area contributed by atoms with Crippen molar-refractivity contribution in [2.75, 3.05) is 19.0 Å². The molecule has 0 spiro atoms. The van der Waals surface area contributed by atoms with E-state index in [9.17, 15) is 9.59 Å². The Labute approximate surface area is 168 Å². The van der Waals surface area contributed by atoms with E-state index in [2.05, 4.69) is 10.3 Å². The number of carbonyl (C=O) groups excluding carboxylic acids is 2. The average Bonchev–Trinajstić information content (AvgIpc) is 2.69. The number of carbonyl (C=O) groups is 2. The molecule has 8 heteroatoms. The molecule has 2 rings (SSSR count). The van der Waals surface area contributed by atoms with Gasteiger partial charge in [-0.25, -0.2) is 9.78 Å². The van der Waals surface area contributed by atoms with Crippen LogP contribution in [0.2, 0.25) is 5.02 Å². The lowest BCUT2D eigenvalue weighted by Crippen LogP contribution is -2.29. The van der Waals surface area contributed by atoms with Crippen LogP contribution in [-0.4, -0.2) is 36.7 Å². The van der Waals surface area contributed by atoms with Crippen molar-refractivity contribution in [2.45, 2.75) is 20.0 Å². The van der Waals surface area contributed by atoms with Crippen LogP contribution in [0.25, 0.3) is 6.08 Å². The lowest BCUT2D eigenvalue weighted by molar-refractivity contribution is -0.148. The van der Waals surface area contributed by atoms with Crippen LogP contribution in [0.5, 0.6) is 11.5 Å². The van der Waals surface area contributed by atoms with E-state index in [1.165, 1.54) is 26.3 Å². The molecule has 1 aromatic carbocycles. The van der Waals surface area contributed by atoms with E-state index in [4.69, 9.17) is 25.8 Å². The van der Waals surface area contributed by atoms with E-state index in [1.54, 1.807) is 36.4 Å². The van der Waals surface area contributed by atoms with Crippen LogP contribution in [0.15, 0.2) is 42.6 Å². The number of hydrogen-bond donors (Lipinski definition) is 1. The average molecular weight is 405 g/mol. The Balaban J connectivity index is 1.93. The number of nitrogens with zero attached hydrogens (tertiary/aromatic N) is 1. The zero-order valence-corrected chi connectivity index (χ0v) is 16.5. The number of benzene rings is 1. The van der Waals surface area contributed by atoms with Gasteiger partial charge in [0.05, 0.1) is 18.7 Å². The summed E-state index contributed by atoms with van der Waals surface area (Å²) >= 11 is 5.74. The lowest BCUT2D eigenvalue weighted by Gasteiger charge is -2.12. The van der Waals surface area contributed by atoms with Crippen LogP contribution in [0.4, 0.5) is 5.82 Å². The predicted molar refractivity (Wildman–Crippen MR) is 107 cm³/mol. The molecule has 1 aromatic heterocycles. The van der Waals surface area contributed by atoms with Gasteiger partial charge >= 0.3 is 5.97 Å². The molecule has 0 fully saturated rings. The van der Waals surface area contributed by atoms with Crippen molar-refractivity contribution in [2.24, 2.45) is 0 Å². The second kappa shape index (κ2) is 10.3. The number of hydrogen-bond acceptors (Lipinski definition) is 6. The van der Waals surface area contributed by atoms with Gasteiger partial charge in [0.25, 0.3) is 5.91 Å². The summed E-state index contributed by atoms with van der Waals surface area (Å²) in [7, 11) is 1.54. The van der Waals surface area contributed by atoms with Gasteiger partial charge in [-0.3, -0.25) is 4.79 Å². The molecule has 28 heavy (non-hydrogen) atoms. The highest BCUT2D eigenvalue weighted by Gasteiger charge is 2.17. The second-order valence-electron chi connectivity index (χ2n) is 5.61. The second-order valence-corrected chi connectivity index (χ2v) is 6.04. The van der Waals surface area contributed by atoms with Crippen molar-refractivity contribution in [3.05, 3.63) is 53.2 Å². The van der Waals surface area contributed by atoms with Crippen LogP contribution >= 0.6 is 11.6 Å². The SMILES string of the molecule is CCOc1ccc(/C=C/C(=O)O[C@@H](C)C(=O)Nc2ccc(Cl)cn2)cc1OC. The van der Waals surface area contributed by atoms with Gasteiger partial charge in [0, 0.05) is 12.3 Å². The summed E-state index contributed by atoms with van der Waals surface area (Å²) in [4.78, 5) is 28.0. The van der Waals surface area contributed by atoms with Gasteiger partial charge in [-0.15, -0.1) is 0 Å². The molecule has 0 aliphatic carbocycles. The van der Waals surface area contributed by atoms with Gasteiger partial charge < -0.3 is 19.5 Å². The summed E-state index contributed by atoms with van der Waals surface area (Å²) in [5, 5.41) is 2.99. The molecule has 2 aromatic rings. The first-order valence-corrected chi connectivity index (χ1v) is 8.92. The Morgan fingerprint density at radius 2 is 2.04 bits per heavy atom. The molecule has 1 amide bonds. The first kappa shape index (κ1) is 21.2. The van der Waals surface area contributed by atoms with Crippen LogP contribution < -0.4 is 14.8 Å². The molecule has 1 atom stereocenters. The van der Waals surface area contributed by atoms with Gasteiger partial charge in [-0.1, -0.05) is 17.7 Å². The molecule has 7 nitrogen and oxygen atoms in total. The van der Waals surface area contributed by atoms with Crippen LogP contribution in [0, 0.1) is 0 Å². The standard InChI is InChI=1S/C20H21ClN2O5/c1-4-27-16-8-5-14(11-17(16)26-3)6-10-19(24)28-13(2)20(25)23-18-9-7-15(21)12-22-18/h5-13H,4H2,1-3H3,(H,22,23,25)/b10-6+/t13-/m0/s1. The van der Waals surface area contributed by atoms with E-state index in [1.807, 2.05) is 6.92 Å². The van der Waals surface area contributed by atoms with E-state index < -0.39 is 18.0 Å². The fourth-order valence-electron chi connectivity index (χ4n) is 2.17. The molecular formula is C20H21ClN2O5. The molecule has 0 saturated carbocycles. The summed E-state index contributed by atoms with van der Waals surface area (Å²) < 4.78 is 15.8. The highest BCUT2D eigenvalue weighted by Crippen LogP contribution is 2.28. The number of pyridine rings is 1. The zero-order valence-electron chi connectivity index (χ0n) is 15.8. The molecule has 0 radical (unpaired) electrons. The van der Waals surface area contributed by atoms with Gasteiger partial charge in [-0.05, 0) is 49.8 Å². The summed E-state index contributed by atoms with van der Waals surface area (Å²) in [6.45, 7) is 3.86. The minimum atomic E-state index is -0.996. The van der Waals surface area contributed by atoms with Crippen LogP contribution in [0.1, 0.15) is 19.4 Å². The summed E-state index contributed by atoms with van der Waals surface area (Å²) in [6, 6.07) is 8.40. The third-order valence-electron chi connectivity index (χ3n) is 3.54. The van der Waals surface area contributed by atoms with E-state index >= 15 is 0 Å². The van der Waals surface area contributed by atoms with Crippen LogP contribution in [0.3, 0.4) is 0 Å². The number of methoxy groups -OCH3 is 1. The molecule has 0 bridgehead atoms. The van der Waals surface area contributed by atoms with Crippen molar-refractivity contribution in [3.63, 3.8) is 0 Å². The first-order valence-electron chi connectivity index (χ1n) is 8.55. The fraction of sp³-hybridized carbons (Fsp3) is 0.250. The van der Waals surface area contributed by atoms with Crippen molar-refractivity contribution in [1.29, 1.82) is 0 Å². The molecule has 1 heterocycles. The van der Waals surface area contributed by atoms with Crippen LogP contribution in [-0.2, 0) is 14.3 Å². The number of anilines is 1. The molecule has 0 unspecified atom stereocenters. The smallest absolute Gasteiger partial charge is 0.331 e. The zero-order chi connectivity index (χ0) is 20.5. The first-order chi connectivity index (χ1) is 13.4. The van der Waals surface area contributed by atoms with Gasteiger partial charge in [-0.2, -0.15) is 0 Å². The normalized spacial score (nSPS) is 11.7. The number of nitrogens with one attached hydrogen (secondary N) is 1. The maximum atomic E-state index is 12.1. The number of rotatable bonds is 8. The number of aromatic nitrogens is 1. The summed E-state index contributed by atoms with van der Waals surface area (Å²) in [6.07, 6.45) is 3.21. The van der Waals surface area contributed by atoms with Crippen molar-refractivity contribution < 1.29 is 23.8 Å². The fourth-order valence-corrected chi connectivity index (χ4v) is 2.28. The molecule has 0 saturated heterocycles. The number of amides is 1. The molecule has 0 aliphatic heterocycles. The Morgan fingerprint density at radius 1 is 1.25 bits per heavy atom. The minimum absolute atomic E-state index is 0.314. The Morgan fingerprint density at radius 3 is 2.68 bits per heavy atom. The molecule has 0 aliphatic rings. The molecule has 1 N–H and O–H groups in total. The van der Waals surface area contributed by atoms with Gasteiger partial charge in [0.15, 0.2) is 17.6 Å². The number of ether oxygens (including phenoxy) is 3. The van der Waals surface area contributed by atoms with Crippen molar-refractivity contribution in [1.82, 2.24) is 4.98 Å². The Kier molecular flexibility index (Phi) is 7.83. The maximum Gasteiger partial charge on any atom is 0.331 e. The third-order valence-corrected chi connectivity index (χ3v) is 3.76. The Bertz CT molecular complexity index is 852.